The van der Waals surface area contributed by atoms with Crippen molar-refractivity contribution in [3.8, 4) is 11.5 Å². The molecule has 1 heterocycles. The molecule has 3 rings (SSSR count). The number of rotatable bonds is 6. The molecule has 1 saturated heterocycles. The first-order chi connectivity index (χ1) is 13.0. The normalized spacial score (nSPS) is 15.4. The van der Waals surface area contributed by atoms with Gasteiger partial charge in [0.05, 0.1) is 25.8 Å². The standard InChI is InChI=1S/C19H17ClN2O4S/c1-25-15-7-6-12(8-16(15)26-2)9-17-18(23)22(19(24)27-17)11-21-14-5-3-4-13(20)10-14/h3-10,21H,11H2,1-2H3/b17-9+. The van der Waals surface area contributed by atoms with Crippen LogP contribution in [0, 0.1) is 0 Å². The van der Waals surface area contributed by atoms with Crippen molar-refractivity contribution in [3.63, 3.8) is 0 Å². The molecule has 1 aliphatic heterocycles. The van der Waals surface area contributed by atoms with Gasteiger partial charge in [-0.15, -0.1) is 0 Å². The minimum Gasteiger partial charge on any atom is -0.493 e. The van der Waals surface area contributed by atoms with E-state index in [1.54, 1.807) is 49.6 Å². The van der Waals surface area contributed by atoms with E-state index in [0.29, 0.717) is 21.4 Å². The molecule has 0 atom stereocenters. The number of anilines is 1. The predicted octanol–water partition coefficient (Wildman–Crippen LogP) is 4.46. The number of nitrogens with one attached hydrogen (secondary N) is 1. The highest BCUT2D eigenvalue weighted by molar-refractivity contribution is 8.18. The number of hydrogen-bond acceptors (Lipinski definition) is 6. The maximum Gasteiger partial charge on any atom is 0.295 e. The van der Waals surface area contributed by atoms with Crippen LogP contribution in [0.2, 0.25) is 5.02 Å². The first-order valence-corrected chi connectivity index (χ1v) is 9.18. The van der Waals surface area contributed by atoms with E-state index in [2.05, 4.69) is 5.32 Å². The maximum absolute atomic E-state index is 12.6. The van der Waals surface area contributed by atoms with Crippen molar-refractivity contribution in [1.82, 2.24) is 4.90 Å². The van der Waals surface area contributed by atoms with Crippen LogP contribution in [-0.4, -0.2) is 36.9 Å². The van der Waals surface area contributed by atoms with E-state index in [0.717, 1.165) is 27.9 Å². The number of hydrogen-bond donors (Lipinski definition) is 1. The van der Waals surface area contributed by atoms with Crippen LogP contribution < -0.4 is 14.8 Å². The van der Waals surface area contributed by atoms with E-state index in [1.165, 1.54) is 7.11 Å². The second-order valence-corrected chi connectivity index (χ2v) is 7.00. The summed E-state index contributed by atoms with van der Waals surface area (Å²) in [5.41, 5.74) is 1.46. The summed E-state index contributed by atoms with van der Waals surface area (Å²) in [7, 11) is 3.09. The molecule has 0 saturated carbocycles. The van der Waals surface area contributed by atoms with E-state index in [4.69, 9.17) is 21.1 Å². The van der Waals surface area contributed by atoms with Crippen LogP contribution in [0.3, 0.4) is 0 Å². The zero-order chi connectivity index (χ0) is 19.4. The largest absolute Gasteiger partial charge is 0.493 e. The number of halogens is 1. The molecule has 0 aliphatic carbocycles. The second-order valence-electron chi connectivity index (χ2n) is 5.57. The Hall–Kier alpha value is -2.64. The zero-order valence-electron chi connectivity index (χ0n) is 14.7. The van der Waals surface area contributed by atoms with Crippen LogP contribution in [0.4, 0.5) is 10.5 Å². The van der Waals surface area contributed by atoms with Crippen molar-refractivity contribution in [3.05, 3.63) is 58.0 Å². The van der Waals surface area contributed by atoms with Gasteiger partial charge in [-0.2, -0.15) is 0 Å². The van der Waals surface area contributed by atoms with E-state index in [9.17, 15) is 9.59 Å². The summed E-state index contributed by atoms with van der Waals surface area (Å²) in [5.74, 6) is 0.788. The number of ether oxygens (including phenoxy) is 2. The van der Waals surface area contributed by atoms with E-state index in [1.807, 2.05) is 6.07 Å². The molecule has 0 aromatic heterocycles. The number of carbonyl (C=O) groups is 2. The Bertz CT molecular complexity index is 916. The molecule has 27 heavy (non-hydrogen) atoms. The van der Waals surface area contributed by atoms with E-state index < -0.39 is 0 Å². The van der Waals surface area contributed by atoms with Crippen LogP contribution in [-0.2, 0) is 4.79 Å². The van der Waals surface area contributed by atoms with Gasteiger partial charge in [0, 0.05) is 10.7 Å². The molecular weight excluding hydrogens is 388 g/mol. The molecule has 8 heteroatoms. The molecule has 2 amide bonds. The molecule has 6 nitrogen and oxygen atoms in total. The molecule has 140 valence electrons. The number of imide groups is 1. The van der Waals surface area contributed by atoms with Crippen molar-refractivity contribution in [2.45, 2.75) is 0 Å². The number of methoxy groups -OCH3 is 2. The summed E-state index contributed by atoms with van der Waals surface area (Å²) in [6.45, 7) is 0.0638. The molecule has 0 unspecified atom stereocenters. The van der Waals surface area contributed by atoms with Gasteiger partial charge in [0.1, 0.15) is 0 Å². The van der Waals surface area contributed by atoms with Crippen LogP contribution in [0.5, 0.6) is 11.5 Å². The fourth-order valence-corrected chi connectivity index (χ4v) is 3.53. The Morgan fingerprint density at radius 1 is 1.11 bits per heavy atom. The highest BCUT2D eigenvalue weighted by Crippen LogP contribution is 2.34. The molecule has 0 bridgehead atoms. The number of amides is 2. The highest BCUT2D eigenvalue weighted by Gasteiger charge is 2.34. The summed E-state index contributed by atoms with van der Waals surface area (Å²) in [6.07, 6.45) is 1.66. The third-order valence-electron chi connectivity index (χ3n) is 3.84. The summed E-state index contributed by atoms with van der Waals surface area (Å²) < 4.78 is 10.5. The van der Waals surface area contributed by atoms with Crippen LogP contribution in [0.1, 0.15) is 5.56 Å². The zero-order valence-corrected chi connectivity index (χ0v) is 16.3. The fraction of sp³-hybridized carbons (Fsp3) is 0.158. The van der Waals surface area contributed by atoms with Gasteiger partial charge in [0.2, 0.25) is 0 Å². The predicted molar refractivity (Wildman–Crippen MR) is 107 cm³/mol. The monoisotopic (exact) mass is 404 g/mol. The average Bonchev–Trinajstić information content (AvgIpc) is 2.93. The summed E-state index contributed by atoms with van der Waals surface area (Å²) in [6, 6.07) is 12.4. The maximum atomic E-state index is 12.6. The highest BCUT2D eigenvalue weighted by atomic mass is 35.5. The molecule has 0 radical (unpaired) electrons. The van der Waals surface area contributed by atoms with Gasteiger partial charge in [0.15, 0.2) is 11.5 Å². The minimum absolute atomic E-state index is 0.0638. The molecule has 1 N–H and O–H groups in total. The molecular formula is C19H17ClN2O4S. The van der Waals surface area contributed by atoms with Gasteiger partial charge < -0.3 is 14.8 Å². The van der Waals surface area contributed by atoms with Crippen molar-refractivity contribution < 1.29 is 19.1 Å². The van der Waals surface area contributed by atoms with Gasteiger partial charge >= 0.3 is 0 Å². The lowest BCUT2D eigenvalue weighted by atomic mass is 10.2. The first-order valence-electron chi connectivity index (χ1n) is 7.98. The van der Waals surface area contributed by atoms with E-state index in [-0.39, 0.29) is 17.8 Å². The number of thioether (sulfide) groups is 1. The smallest absolute Gasteiger partial charge is 0.295 e. The van der Waals surface area contributed by atoms with Gasteiger partial charge in [-0.25, -0.2) is 0 Å². The summed E-state index contributed by atoms with van der Waals surface area (Å²) in [4.78, 5) is 26.3. The van der Waals surface area contributed by atoms with Gasteiger partial charge in [-0.3, -0.25) is 14.5 Å². The van der Waals surface area contributed by atoms with Crippen LogP contribution >= 0.6 is 23.4 Å². The fourth-order valence-electron chi connectivity index (χ4n) is 2.50. The van der Waals surface area contributed by atoms with Gasteiger partial charge in [-0.1, -0.05) is 23.7 Å². The Balaban J connectivity index is 1.74. The lowest BCUT2D eigenvalue weighted by molar-refractivity contribution is -0.122. The average molecular weight is 405 g/mol. The number of benzene rings is 2. The Morgan fingerprint density at radius 2 is 1.89 bits per heavy atom. The van der Waals surface area contributed by atoms with Crippen LogP contribution in [0.25, 0.3) is 6.08 Å². The van der Waals surface area contributed by atoms with Crippen LogP contribution in [0.15, 0.2) is 47.4 Å². The number of nitrogens with zero attached hydrogens (tertiary/aromatic N) is 1. The van der Waals surface area contributed by atoms with Crippen molar-refractivity contribution in [2.24, 2.45) is 0 Å². The molecule has 1 fully saturated rings. The SMILES string of the molecule is COc1ccc(/C=C2/SC(=O)N(CNc3cccc(Cl)c3)C2=O)cc1OC. The van der Waals surface area contributed by atoms with Crippen molar-refractivity contribution in [1.29, 1.82) is 0 Å². The van der Waals surface area contributed by atoms with Crippen molar-refractivity contribution >= 4 is 46.3 Å². The number of carbonyl (C=O) groups excluding carboxylic acids is 2. The Labute approximate surface area is 166 Å². The second kappa shape index (κ2) is 8.37. The topological polar surface area (TPSA) is 67.9 Å². The van der Waals surface area contributed by atoms with Gasteiger partial charge in [0.25, 0.3) is 11.1 Å². The Kier molecular flexibility index (Phi) is 5.93. The molecule has 1 aliphatic rings. The lowest BCUT2D eigenvalue weighted by Crippen LogP contribution is -2.33. The third-order valence-corrected chi connectivity index (χ3v) is 4.99. The minimum atomic E-state index is -0.352. The first kappa shape index (κ1) is 19.1. The van der Waals surface area contributed by atoms with E-state index >= 15 is 0 Å². The quantitative estimate of drug-likeness (QED) is 0.717. The molecule has 0 spiro atoms. The van der Waals surface area contributed by atoms with Crippen molar-refractivity contribution in [2.75, 3.05) is 26.2 Å². The summed E-state index contributed by atoms with van der Waals surface area (Å²) >= 11 is 6.84. The Morgan fingerprint density at radius 3 is 2.59 bits per heavy atom. The molecule has 2 aromatic carbocycles. The summed E-state index contributed by atoms with van der Waals surface area (Å²) in [5, 5.41) is 3.27. The van der Waals surface area contributed by atoms with Gasteiger partial charge in [-0.05, 0) is 53.7 Å². The molecule has 2 aromatic rings. The lowest BCUT2D eigenvalue weighted by Gasteiger charge is -2.14. The third kappa shape index (κ3) is 4.37.